The number of ether oxygens (including phenoxy) is 3. The van der Waals surface area contributed by atoms with E-state index < -0.39 is 6.10 Å². The molecule has 0 bridgehead atoms. The van der Waals surface area contributed by atoms with E-state index in [4.69, 9.17) is 14.2 Å². The summed E-state index contributed by atoms with van der Waals surface area (Å²) in [6.45, 7) is 6.64. The molecule has 0 radical (unpaired) electrons. The maximum atomic E-state index is 12.8. The van der Waals surface area contributed by atoms with Gasteiger partial charge in [0.1, 0.15) is 13.2 Å². The summed E-state index contributed by atoms with van der Waals surface area (Å²) in [5.41, 5.74) is 0. The third kappa shape index (κ3) is 56.7. The second kappa shape index (κ2) is 58.5. The normalized spacial score (nSPS) is 12.1. The zero-order valence-corrected chi connectivity index (χ0v) is 46.6. The molecular formula is C63H118O6. The number of rotatable bonds is 57. The lowest BCUT2D eigenvalue weighted by atomic mass is 10.0. The first-order valence-corrected chi connectivity index (χ1v) is 30.8. The number of esters is 3. The van der Waals surface area contributed by atoms with Gasteiger partial charge in [-0.15, -0.1) is 0 Å². The molecule has 0 aromatic heterocycles. The molecule has 0 aromatic rings. The van der Waals surface area contributed by atoms with E-state index in [0.29, 0.717) is 19.3 Å². The first kappa shape index (κ1) is 66.9. The Morgan fingerprint density at radius 3 is 0.725 bits per heavy atom. The highest BCUT2D eigenvalue weighted by Crippen LogP contribution is 2.17. The molecule has 0 fully saturated rings. The molecule has 69 heavy (non-hydrogen) atoms. The maximum Gasteiger partial charge on any atom is 0.306 e. The molecule has 0 rings (SSSR count). The molecule has 406 valence electrons. The first-order chi connectivity index (χ1) is 34.0. The van der Waals surface area contributed by atoms with Crippen LogP contribution in [0.5, 0.6) is 0 Å². The number of hydrogen-bond acceptors (Lipinski definition) is 6. The first-order valence-electron chi connectivity index (χ1n) is 30.8. The molecule has 0 saturated heterocycles. The van der Waals surface area contributed by atoms with E-state index in [-0.39, 0.29) is 31.1 Å². The van der Waals surface area contributed by atoms with Crippen LogP contribution in [0.25, 0.3) is 0 Å². The second-order valence-electron chi connectivity index (χ2n) is 21.0. The SMILES string of the molecule is CCCCCCCC/C=C\CCCCCCCCCC(=O)OC(COC(=O)CCCCCCCCC)COC(=O)CCCCCCCCCCCCCCCCC/C=C\CCCCCCCCCC. The summed E-state index contributed by atoms with van der Waals surface area (Å²) in [5.74, 6) is -0.860. The van der Waals surface area contributed by atoms with Gasteiger partial charge in [-0.3, -0.25) is 14.4 Å². The predicted molar refractivity (Wildman–Crippen MR) is 298 cm³/mol. The Hall–Kier alpha value is -2.11. The fourth-order valence-corrected chi connectivity index (χ4v) is 9.26. The quantitative estimate of drug-likeness (QED) is 0.0261. The van der Waals surface area contributed by atoms with Crippen LogP contribution in [0.3, 0.4) is 0 Å². The van der Waals surface area contributed by atoms with Gasteiger partial charge in [-0.05, 0) is 70.6 Å². The number of carbonyl (C=O) groups is 3. The van der Waals surface area contributed by atoms with E-state index in [2.05, 4.69) is 45.1 Å². The Morgan fingerprint density at radius 2 is 0.478 bits per heavy atom. The van der Waals surface area contributed by atoms with Gasteiger partial charge in [-0.25, -0.2) is 0 Å². The monoisotopic (exact) mass is 971 g/mol. The van der Waals surface area contributed by atoms with Crippen LogP contribution in [0, 0.1) is 0 Å². The van der Waals surface area contributed by atoms with Gasteiger partial charge in [0.2, 0.25) is 0 Å². The standard InChI is InChI=1S/C63H118O6/c1-4-7-10-13-16-18-20-22-24-26-27-28-29-30-31-32-33-34-35-37-38-40-42-44-47-50-53-56-62(65)68-59-60(58-67-61(64)55-52-49-46-15-12-9-6-3)69-63(66)57-54-51-48-45-43-41-39-36-25-23-21-19-17-14-11-8-5-2/h23,25-27,60H,4-22,24,28-59H2,1-3H3/b25-23-,27-26-. The summed E-state index contributed by atoms with van der Waals surface area (Å²) < 4.78 is 16.8. The van der Waals surface area contributed by atoms with Crippen molar-refractivity contribution in [3.8, 4) is 0 Å². The van der Waals surface area contributed by atoms with Gasteiger partial charge in [0.05, 0.1) is 0 Å². The minimum atomic E-state index is -0.768. The number of hydrogen-bond donors (Lipinski definition) is 0. The van der Waals surface area contributed by atoms with Gasteiger partial charge in [-0.2, -0.15) is 0 Å². The highest BCUT2D eigenvalue weighted by Gasteiger charge is 2.19. The van der Waals surface area contributed by atoms with Gasteiger partial charge < -0.3 is 14.2 Å². The Bertz CT molecular complexity index is 1110. The highest BCUT2D eigenvalue weighted by molar-refractivity contribution is 5.71. The van der Waals surface area contributed by atoms with E-state index in [1.54, 1.807) is 0 Å². The van der Waals surface area contributed by atoms with Crippen LogP contribution in [0.1, 0.15) is 342 Å². The van der Waals surface area contributed by atoms with Crippen LogP contribution >= 0.6 is 0 Å². The summed E-state index contributed by atoms with van der Waals surface area (Å²) in [4.78, 5) is 38.0. The summed E-state index contributed by atoms with van der Waals surface area (Å²) in [6, 6.07) is 0. The lowest BCUT2D eigenvalue weighted by Gasteiger charge is -2.18. The smallest absolute Gasteiger partial charge is 0.306 e. The zero-order valence-electron chi connectivity index (χ0n) is 46.6. The summed E-state index contributed by atoms with van der Waals surface area (Å²) in [7, 11) is 0. The van der Waals surface area contributed by atoms with Crippen molar-refractivity contribution in [2.24, 2.45) is 0 Å². The predicted octanol–water partition coefficient (Wildman–Crippen LogP) is 20.7. The van der Waals surface area contributed by atoms with Gasteiger partial charge in [-0.1, -0.05) is 276 Å². The molecule has 0 spiro atoms. The van der Waals surface area contributed by atoms with Crippen molar-refractivity contribution in [3.05, 3.63) is 24.3 Å². The maximum absolute atomic E-state index is 12.8. The average molecular weight is 972 g/mol. The fraction of sp³-hybridized carbons (Fsp3) is 0.889. The molecule has 1 atom stereocenters. The minimum absolute atomic E-state index is 0.0686. The number of unbranched alkanes of at least 4 members (excludes halogenated alkanes) is 42. The molecule has 0 amide bonds. The van der Waals surface area contributed by atoms with E-state index in [9.17, 15) is 14.4 Å². The largest absolute Gasteiger partial charge is 0.462 e. The van der Waals surface area contributed by atoms with Crippen molar-refractivity contribution in [2.75, 3.05) is 13.2 Å². The van der Waals surface area contributed by atoms with Crippen molar-refractivity contribution in [1.82, 2.24) is 0 Å². The molecule has 0 aliphatic rings. The third-order valence-electron chi connectivity index (χ3n) is 13.9. The molecule has 6 nitrogen and oxygen atoms in total. The van der Waals surface area contributed by atoms with Crippen molar-refractivity contribution in [3.63, 3.8) is 0 Å². The Labute approximate surface area is 430 Å². The molecular weight excluding hydrogens is 853 g/mol. The van der Waals surface area contributed by atoms with E-state index in [1.165, 1.54) is 244 Å². The van der Waals surface area contributed by atoms with Crippen LogP contribution in [-0.2, 0) is 28.6 Å². The molecule has 0 heterocycles. The number of carbonyl (C=O) groups excluding carboxylic acids is 3. The molecule has 0 N–H and O–H groups in total. The van der Waals surface area contributed by atoms with Crippen molar-refractivity contribution in [2.45, 2.75) is 348 Å². The van der Waals surface area contributed by atoms with Crippen molar-refractivity contribution >= 4 is 17.9 Å². The van der Waals surface area contributed by atoms with Gasteiger partial charge in [0, 0.05) is 19.3 Å². The van der Waals surface area contributed by atoms with Crippen LogP contribution < -0.4 is 0 Å². The highest BCUT2D eigenvalue weighted by atomic mass is 16.6. The Kier molecular flexibility index (Phi) is 56.7. The fourth-order valence-electron chi connectivity index (χ4n) is 9.26. The van der Waals surface area contributed by atoms with Gasteiger partial charge >= 0.3 is 17.9 Å². The molecule has 6 heteroatoms. The van der Waals surface area contributed by atoms with Crippen molar-refractivity contribution < 1.29 is 28.6 Å². The topological polar surface area (TPSA) is 78.9 Å². The second-order valence-corrected chi connectivity index (χ2v) is 21.0. The summed E-state index contributed by atoms with van der Waals surface area (Å²) >= 11 is 0. The average Bonchev–Trinajstić information content (AvgIpc) is 3.35. The molecule has 0 aliphatic carbocycles. The molecule has 0 saturated carbocycles. The van der Waals surface area contributed by atoms with E-state index in [1.807, 2.05) is 0 Å². The third-order valence-corrected chi connectivity index (χ3v) is 13.9. The summed E-state index contributed by atoms with van der Waals surface area (Å²) in [5, 5.41) is 0. The zero-order chi connectivity index (χ0) is 50.0. The van der Waals surface area contributed by atoms with Crippen LogP contribution in [0.15, 0.2) is 24.3 Å². The van der Waals surface area contributed by atoms with Gasteiger partial charge in [0.15, 0.2) is 6.10 Å². The lowest BCUT2D eigenvalue weighted by molar-refractivity contribution is -0.167. The van der Waals surface area contributed by atoms with Crippen LogP contribution in [-0.4, -0.2) is 37.2 Å². The molecule has 0 aromatic carbocycles. The molecule has 1 unspecified atom stereocenters. The minimum Gasteiger partial charge on any atom is -0.462 e. The number of allylic oxidation sites excluding steroid dienone is 4. The van der Waals surface area contributed by atoms with Crippen LogP contribution in [0.2, 0.25) is 0 Å². The van der Waals surface area contributed by atoms with Crippen molar-refractivity contribution in [1.29, 1.82) is 0 Å². The van der Waals surface area contributed by atoms with Crippen LogP contribution in [0.4, 0.5) is 0 Å². The Balaban J connectivity index is 4.06. The van der Waals surface area contributed by atoms with Gasteiger partial charge in [0.25, 0.3) is 0 Å². The van der Waals surface area contributed by atoms with E-state index >= 15 is 0 Å². The van der Waals surface area contributed by atoms with E-state index in [0.717, 1.165) is 57.8 Å². The molecule has 0 aliphatic heterocycles. The lowest BCUT2D eigenvalue weighted by Crippen LogP contribution is -2.30. The summed E-state index contributed by atoms with van der Waals surface area (Å²) in [6.07, 6.45) is 69.3. The Morgan fingerprint density at radius 1 is 0.275 bits per heavy atom.